The second-order valence-corrected chi connectivity index (χ2v) is 6.12. The Labute approximate surface area is 131 Å². The number of hydrogen-bond acceptors (Lipinski definition) is 4. The molecule has 0 unspecified atom stereocenters. The number of anilines is 1. The Morgan fingerprint density at radius 2 is 1.77 bits per heavy atom. The molecule has 1 aliphatic rings. The van der Waals surface area contributed by atoms with E-state index in [9.17, 15) is 4.79 Å². The monoisotopic (exact) mass is 305 g/mol. The Morgan fingerprint density at radius 3 is 2.59 bits per heavy atom. The van der Waals surface area contributed by atoms with Crippen molar-refractivity contribution < 1.29 is 4.79 Å². The molecule has 4 rings (SSSR count). The quantitative estimate of drug-likeness (QED) is 0.786. The van der Waals surface area contributed by atoms with E-state index in [1.165, 1.54) is 0 Å². The molecular formula is C17H11N3OS. The number of thiophene rings is 1. The van der Waals surface area contributed by atoms with Crippen molar-refractivity contribution in [3.05, 3.63) is 59.9 Å². The van der Waals surface area contributed by atoms with Crippen LogP contribution in [-0.2, 0) is 0 Å². The Morgan fingerprint density at radius 1 is 0.955 bits per heavy atom. The molecule has 106 valence electrons. The molecule has 22 heavy (non-hydrogen) atoms. The maximum Gasteiger partial charge on any atom is 0.277 e. The fourth-order valence-electron chi connectivity index (χ4n) is 2.46. The zero-order valence-corrected chi connectivity index (χ0v) is 12.3. The van der Waals surface area contributed by atoms with Crippen molar-refractivity contribution in [3.8, 4) is 20.9 Å². The number of fused-ring (bicyclic) bond motifs is 1. The van der Waals surface area contributed by atoms with Crippen molar-refractivity contribution in [3.63, 3.8) is 0 Å². The smallest absolute Gasteiger partial charge is 0.277 e. The Kier molecular flexibility index (Phi) is 2.87. The Balaban J connectivity index is 1.73. The number of rotatable bonds is 2. The molecule has 0 spiro atoms. The Bertz CT molecular complexity index is 927. The molecule has 2 N–H and O–H groups in total. The summed E-state index contributed by atoms with van der Waals surface area (Å²) in [6.45, 7) is 0. The molecule has 0 fully saturated rings. The summed E-state index contributed by atoms with van der Waals surface area (Å²) in [7, 11) is 0. The molecular weight excluding hydrogens is 294 g/mol. The molecule has 1 aliphatic heterocycles. The minimum atomic E-state index is -0.167. The molecule has 3 aromatic rings. The summed E-state index contributed by atoms with van der Waals surface area (Å²) in [5.41, 5.74) is 10.1. The van der Waals surface area contributed by atoms with Crippen LogP contribution in [0.5, 0.6) is 0 Å². The third-order valence-electron chi connectivity index (χ3n) is 3.54. The molecule has 0 aliphatic carbocycles. The van der Waals surface area contributed by atoms with Crippen molar-refractivity contribution in [1.82, 2.24) is 4.98 Å². The van der Waals surface area contributed by atoms with E-state index in [-0.39, 0.29) is 5.91 Å². The first-order valence-corrected chi connectivity index (χ1v) is 7.56. The van der Waals surface area contributed by atoms with Gasteiger partial charge in [-0.1, -0.05) is 6.07 Å². The van der Waals surface area contributed by atoms with Gasteiger partial charge in [0.2, 0.25) is 0 Å². The molecule has 4 nitrogen and oxygen atoms in total. The molecule has 1 aromatic carbocycles. The second kappa shape index (κ2) is 4.89. The number of benzene rings is 1. The molecule has 5 heteroatoms. The van der Waals surface area contributed by atoms with E-state index < -0.39 is 0 Å². The Hall–Kier alpha value is -2.79. The summed E-state index contributed by atoms with van der Waals surface area (Å²) in [5.74, 6) is -0.167. The van der Waals surface area contributed by atoms with Crippen LogP contribution in [0.25, 0.3) is 20.9 Å². The van der Waals surface area contributed by atoms with Crippen LogP contribution in [0.3, 0.4) is 0 Å². The summed E-state index contributed by atoms with van der Waals surface area (Å²) < 4.78 is 0. The highest BCUT2D eigenvalue weighted by Gasteiger charge is 2.16. The maximum absolute atomic E-state index is 11.5. The van der Waals surface area contributed by atoms with Gasteiger partial charge in [-0.3, -0.25) is 9.78 Å². The first kappa shape index (κ1) is 12.9. The minimum absolute atomic E-state index is 0.167. The topological polar surface area (TPSA) is 68.3 Å². The summed E-state index contributed by atoms with van der Waals surface area (Å²) in [4.78, 5) is 21.7. The fourth-order valence-corrected chi connectivity index (χ4v) is 3.44. The summed E-state index contributed by atoms with van der Waals surface area (Å²) in [5, 5.41) is 0. The molecule has 0 atom stereocenters. The number of carbonyl (C=O) groups is 1. The number of nitrogens with zero attached hydrogens (tertiary/aromatic N) is 2. The van der Waals surface area contributed by atoms with Crippen LogP contribution in [-0.4, -0.2) is 17.1 Å². The number of pyridine rings is 1. The van der Waals surface area contributed by atoms with E-state index in [1.54, 1.807) is 29.9 Å². The lowest BCUT2D eigenvalue weighted by atomic mass is 10.1. The molecule has 0 bridgehead atoms. The molecule has 0 saturated carbocycles. The van der Waals surface area contributed by atoms with E-state index in [2.05, 4.69) is 22.1 Å². The number of nitrogens with two attached hydrogens (primary N) is 1. The molecule has 2 aromatic heterocycles. The van der Waals surface area contributed by atoms with E-state index in [1.807, 2.05) is 24.3 Å². The van der Waals surface area contributed by atoms with Gasteiger partial charge in [-0.15, -0.1) is 11.3 Å². The van der Waals surface area contributed by atoms with E-state index in [0.717, 1.165) is 26.4 Å². The highest BCUT2D eigenvalue weighted by molar-refractivity contribution is 7.18. The first-order valence-electron chi connectivity index (χ1n) is 6.74. The SMILES string of the molecule is Nc1cncc(-c2ccc(-c3ccc4c(c3)C=NC4=O)s2)c1. The third-order valence-corrected chi connectivity index (χ3v) is 4.72. The number of carbonyl (C=O) groups excluding carboxylic acids is 1. The summed E-state index contributed by atoms with van der Waals surface area (Å²) in [6.07, 6.45) is 5.06. The van der Waals surface area contributed by atoms with Gasteiger partial charge in [-0.25, -0.2) is 4.99 Å². The number of amides is 1. The lowest BCUT2D eigenvalue weighted by Crippen LogP contribution is -1.91. The van der Waals surface area contributed by atoms with E-state index >= 15 is 0 Å². The second-order valence-electron chi connectivity index (χ2n) is 5.04. The number of hydrogen-bond donors (Lipinski definition) is 1. The van der Waals surface area contributed by atoms with Gasteiger partial charge >= 0.3 is 0 Å². The van der Waals surface area contributed by atoms with Crippen molar-refractivity contribution in [2.75, 3.05) is 5.73 Å². The zero-order chi connectivity index (χ0) is 15.1. The highest BCUT2D eigenvalue weighted by atomic mass is 32.1. The normalized spacial score (nSPS) is 12.6. The molecule has 1 amide bonds. The lowest BCUT2D eigenvalue weighted by molar-refractivity contribution is 0.101. The summed E-state index contributed by atoms with van der Waals surface area (Å²) in [6, 6.07) is 11.8. The number of nitrogen functional groups attached to an aromatic ring is 1. The highest BCUT2D eigenvalue weighted by Crippen LogP contribution is 2.35. The predicted octanol–water partition coefficient (Wildman–Crippen LogP) is 3.63. The van der Waals surface area contributed by atoms with Gasteiger partial charge in [-0.05, 0) is 35.9 Å². The maximum atomic E-state index is 11.5. The third kappa shape index (κ3) is 2.12. The van der Waals surface area contributed by atoms with Gasteiger partial charge in [0.15, 0.2) is 0 Å². The van der Waals surface area contributed by atoms with Crippen LogP contribution in [0.2, 0.25) is 0 Å². The van der Waals surface area contributed by atoms with Crippen LogP contribution >= 0.6 is 11.3 Å². The van der Waals surface area contributed by atoms with Gasteiger partial charge in [0.1, 0.15) is 0 Å². The fraction of sp³-hybridized carbons (Fsp3) is 0. The van der Waals surface area contributed by atoms with Crippen molar-refractivity contribution >= 4 is 29.1 Å². The average molecular weight is 305 g/mol. The van der Waals surface area contributed by atoms with Crippen LogP contribution in [0, 0.1) is 0 Å². The van der Waals surface area contributed by atoms with Gasteiger partial charge < -0.3 is 5.73 Å². The van der Waals surface area contributed by atoms with Crippen LogP contribution in [0.1, 0.15) is 15.9 Å². The summed E-state index contributed by atoms with van der Waals surface area (Å²) >= 11 is 1.67. The van der Waals surface area contributed by atoms with E-state index in [4.69, 9.17) is 5.73 Å². The predicted molar refractivity (Wildman–Crippen MR) is 89.3 cm³/mol. The first-order chi connectivity index (χ1) is 10.7. The minimum Gasteiger partial charge on any atom is -0.397 e. The largest absolute Gasteiger partial charge is 0.397 e. The van der Waals surface area contributed by atoms with Crippen molar-refractivity contribution in [2.24, 2.45) is 4.99 Å². The van der Waals surface area contributed by atoms with Crippen molar-refractivity contribution in [1.29, 1.82) is 0 Å². The van der Waals surface area contributed by atoms with Crippen LogP contribution in [0.15, 0.2) is 53.8 Å². The van der Waals surface area contributed by atoms with E-state index in [0.29, 0.717) is 11.3 Å². The average Bonchev–Trinajstić information content (AvgIpc) is 3.15. The van der Waals surface area contributed by atoms with Gasteiger partial charge in [-0.2, -0.15) is 0 Å². The zero-order valence-electron chi connectivity index (χ0n) is 11.5. The number of aromatic nitrogens is 1. The lowest BCUT2D eigenvalue weighted by Gasteiger charge is -2.01. The molecule has 0 radical (unpaired) electrons. The van der Waals surface area contributed by atoms with Crippen molar-refractivity contribution in [2.45, 2.75) is 0 Å². The standard InChI is InChI=1S/C17H11N3OS/c18-13-6-12(7-19-9-13)16-4-3-15(22-16)10-1-2-14-11(5-10)8-20-17(14)21/h1-9H,18H2. The van der Waals surface area contributed by atoms with Gasteiger partial charge in [0.05, 0.1) is 11.3 Å². The van der Waals surface area contributed by atoms with Gasteiger partial charge in [0, 0.05) is 39.5 Å². The van der Waals surface area contributed by atoms with Gasteiger partial charge in [0.25, 0.3) is 5.91 Å². The number of aliphatic imine (C=N–C) groups is 1. The van der Waals surface area contributed by atoms with Crippen LogP contribution in [0.4, 0.5) is 5.69 Å². The molecule has 3 heterocycles. The molecule has 0 saturated heterocycles. The van der Waals surface area contributed by atoms with Crippen LogP contribution < -0.4 is 5.73 Å².